The molecule has 134 valence electrons. The number of hydrogen-bond donors (Lipinski definition) is 2. The Bertz CT molecular complexity index is 905. The Labute approximate surface area is 150 Å². The van der Waals surface area contributed by atoms with Crippen LogP contribution in [0.15, 0.2) is 54.9 Å². The summed E-state index contributed by atoms with van der Waals surface area (Å²) in [5.41, 5.74) is 2.76. The molecule has 26 heavy (non-hydrogen) atoms. The molecule has 8 nitrogen and oxygen atoms in total. The summed E-state index contributed by atoms with van der Waals surface area (Å²) in [5, 5.41) is 16.6. The minimum atomic E-state index is -0.437. The molecule has 8 heteroatoms. The first-order valence-electron chi connectivity index (χ1n) is 8.28. The van der Waals surface area contributed by atoms with Crippen LogP contribution in [0.3, 0.4) is 0 Å². The number of para-hydroxylation sites is 2. The number of imidazole rings is 1. The first kappa shape index (κ1) is 17.4. The van der Waals surface area contributed by atoms with E-state index in [-0.39, 0.29) is 11.6 Å². The van der Waals surface area contributed by atoms with Crippen LogP contribution in [0.25, 0.3) is 11.0 Å². The standard InChI is InChI=1S/C18H19N5O3/c24-18(9-12-22-13-21-16-3-1-2-4-17(16)22)20-11-10-19-14-5-7-15(8-6-14)23(25)26/h1-8,13,19H,9-12H2,(H,20,24). The van der Waals surface area contributed by atoms with E-state index in [1.165, 1.54) is 12.1 Å². The van der Waals surface area contributed by atoms with Gasteiger partial charge in [0, 0.05) is 43.9 Å². The summed E-state index contributed by atoms with van der Waals surface area (Å²) in [6.45, 7) is 1.58. The van der Waals surface area contributed by atoms with Crippen molar-refractivity contribution in [3.63, 3.8) is 0 Å². The van der Waals surface area contributed by atoms with Crippen LogP contribution in [0.2, 0.25) is 0 Å². The highest BCUT2D eigenvalue weighted by molar-refractivity contribution is 5.77. The number of carbonyl (C=O) groups is 1. The third-order valence-corrected chi connectivity index (χ3v) is 3.96. The fourth-order valence-electron chi connectivity index (χ4n) is 2.61. The van der Waals surface area contributed by atoms with Gasteiger partial charge in [0.1, 0.15) is 0 Å². The first-order chi connectivity index (χ1) is 12.6. The van der Waals surface area contributed by atoms with Gasteiger partial charge in [0.25, 0.3) is 5.69 Å². The second-order valence-corrected chi connectivity index (χ2v) is 5.76. The maximum Gasteiger partial charge on any atom is 0.269 e. The fourth-order valence-corrected chi connectivity index (χ4v) is 2.61. The molecule has 0 bridgehead atoms. The van der Waals surface area contributed by atoms with Crippen molar-refractivity contribution in [2.45, 2.75) is 13.0 Å². The van der Waals surface area contributed by atoms with E-state index in [1.54, 1.807) is 18.5 Å². The normalized spacial score (nSPS) is 10.6. The molecule has 0 spiro atoms. The Kier molecular flexibility index (Phi) is 5.43. The van der Waals surface area contributed by atoms with Crippen LogP contribution in [0.1, 0.15) is 6.42 Å². The zero-order valence-corrected chi connectivity index (χ0v) is 14.1. The van der Waals surface area contributed by atoms with Crippen molar-refractivity contribution >= 4 is 28.3 Å². The molecule has 3 aromatic rings. The van der Waals surface area contributed by atoms with E-state index >= 15 is 0 Å². The molecule has 3 rings (SSSR count). The molecule has 0 saturated carbocycles. The molecular weight excluding hydrogens is 334 g/mol. The summed E-state index contributed by atoms with van der Waals surface area (Å²) < 4.78 is 1.96. The highest BCUT2D eigenvalue weighted by Crippen LogP contribution is 2.15. The number of non-ortho nitro benzene ring substituents is 1. The molecule has 0 aliphatic heterocycles. The predicted octanol–water partition coefficient (Wildman–Crippen LogP) is 2.56. The van der Waals surface area contributed by atoms with Gasteiger partial charge in [-0.05, 0) is 24.3 Å². The van der Waals surface area contributed by atoms with E-state index < -0.39 is 4.92 Å². The Morgan fingerprint density at radius 3 is 2.65 bits per heavy atom. The van der Waals surface area contributed by atoms with Crippen LogP contribution in [-0.2, 0) is 11.3 Å². The van der Waals surface area contributed by atoms with Crippen molar-refractivity contribution in [3.05, 3.63) is 65.0 Å². The zero-order chi connectivity index (χ0) is 18.4. The summed E-state index contributed by atoms with van der Waals surface area (Å²) in [4.78, 5) is 26.4. The molecular formula is C18H19N5O3. The van der Waals surface area contributed by atoms with Gasteiger partial charge in [0.15, 0.2) is 0 Å². The number of aromatic nitrogens is 2. The summed E-state index contributed by atoms with van der Waals surface area (Å²) in [5.74, 6) is -0.0340. The van der Waals surface area contributed by atoms with E-state index in [0.29, 0.717) is 26.1 Å². The highest BCUT2D eigenvalue weighted by Gasteiger charge is 2.06. The van der Waals surface area contributed by atoms with Gasteiger partial charge >= 0.3 is 0 Å². The molecule has 1 aromatic heterocycles. The van der Waals surface area contributed by atoms with Crippen LogP contribution < -0.4 is 10.6 Å². The molecule has 1 heterocycles. The van der Waals surface area contributed by atoms with Crippen molar-refractivity contribution in [2.24, 2.45) is 0 Å². The molecule has 0 saturated heterocycles. The summed E-state index contributed by atoms with van der Waals surface area (Å²) in [6.07, 6.45) is 2.12. The number of anilines is 1. The summed E-state index contributed by atoms with van der Waals surface area (Å²) in [7, 11) is 0. The maximum absolute atomic E-state index is 12.0. The van der Waals surface area contributed by atoms with Crippen molar-refractivity contribution in [1.29, 1.82) is 0 Å². The number of benzene rings is 2. The predicted molar refractivity (Wildman–Crippen MR) is 98.9 cm³/mol. The van der Waals surface area contributed by atoms with Crippen molar-refractivity contribution in [3.8, 4) is 0 Å². The third-order valence-electron chi connectivity index (χ3n) is 3.96. The van der Waals surface area contributed by atoms with E-state index in [1.807, 2.05) is 28.8 Å². The lowest BCUT2D eigenvalue weighted by atomic mass is 10.3. The number of aryl methyl sites for hydroxylation is 1. The first-order valence-corrected chi connectivity index (χ1v) is 8.28. The fraction of sp³-hybridized carbons (Fsp3) is 0.222. The van der Waals surface area contributed by atoms with Gasteiger partial charge in [-0.1, -0.05) is 12.1 Å². The van der Waals surface area contributed by atoms with Gasteiger partial charge in [-0.2, -0.15) is 0 Å². The monoisotopic (exact) mass is 353 g/mol. The highest BCUT2D eigenvalue weighted by atomic mass is 16.6. The smallest absolute Gasteiger partial charge is 0.269 e. The molecule has 1 amide bonds. The van der Waals surface area contributed by atoms with Crippen molar-refractivity contribution < 1.29 is 9.72 Å². The number of nitro benzene ring substituents is 1. The lowest BCUT2D eigenvalue weighted by Crippen LogP contribution is -2.29. The number of amides is 1. The van der Waals surface area contributed by atoms with Crippen LogP contribution >= 0.6 is 0 Å². The number of hydrogen-bond acceptors (Lipinski definition) is 5. The van der Waals surface area contributed by atoms with E-state index in [4.69, 9.17) is 0 Å². The maximum atomic E-state index is 12.0. The van der Waals surface area contributed by atoms with Gasteiger partial charge in [-0.25, -0.2) is 4.98 Å². The van der Waals surface area contributed by atoms with Crippen molar-refractivity contribution in [2.75, 3.05) is 18.4 Å². The van der Waals surface area contributed by atoms with Crippen LogP contribution in [-0.4, -0.2) is 33.5 Å². The number of rotatable bonds is 8. The number of nitrogens with zero attached hydrogens (tertiary/aromatic N) is 3. The van der Waals surface area contributed by atoms with Gasteiger partial charge in [0.2, 0.25) is 5.91 Å². The minimum Gasteiger partial charge on any atom is -0.383 e. The number of nitrogens with one attached hydrogen (secondary N) is 2. The SMILES string of the molecule is O=C(CCn1cnc2ccccc21)NCCNc1ccc([N+](=O)[O-])cc1. The molecule has 0 aliphatic carbocycles. The quantitative estimate of drug-likeness (QED) is 0.368. The molecule has 0 fully saturated rings. The van der Waals surface area contributed by atoms with Crippen LogP contribution in [0.4, 0.5) is 11.4 Å². The van der Waals surface area contributed by atoms with E-state index in [0.717, 1.165) is 16.7 Å². The average molecular weight is 353 g/mol. The van der Waals surface area contributed by atoms with Crippen molar-refractivity contribution in [1.82, 2.24) is 14.9 Å². The average Bonchev–Trinajstić information content (AvgIpc) is 3.07. The Balaban J connectivity index is 1.38. The minimum absolute atomic E-state index is 0.0340. The van der Waals surface area contributed by atoms with Crippen LogP contribution in [0.5, 0.6) is 0 Å². The lowest BCUT2D eigenvalue weighted by molar-refractivity contribution is -0.384. The number of nitro groups is 1. The van der Waals surface area contributed by atoms with Gasteiger partial charge in [0.05, 0.1) is 22.3 Å². The molecule has 0 aliphatic rings. The molecule has 0 unspecified atom stereocenters. The molecule has 0 radical (unpaired) electrons. The largest absolute Gasteiger partial charge is 0.383 e. The second kappa shape index (κ2) is 8.11. The lowest BCUT2D eigenvalue weighted by Gasteiger charge is -2.08. The Morgan fingerprint density at radius 1 is 1.12 bits per heavy atom. The molecule has 2 N–H and O–H groups in total. The Hall–Kier alpha value is -3.42. The third kappa shape index (κ3) is 4.35. The van der Waals surface area contributed by atoms with E-state index in [9.17, 15) is 14.9 Å². The summed E-state index contributed by atoms with van der Waals surface area (Å²) in [6, 6.07) is 14.0. The van der Waals surface area contributed by atoms with Gasteiger partial charge in [-0.3, -0.25) is 14.9 Å². The second-order valence-electron chi connectivity index (χ2n) is 5.76. The zero-order valence-electron chi connectivity index (χ0n) is 14.1. The molecule has 0 atom stereocenters. The van der Waals surface area contributed by atoms with E-state index in [2.05, 4.69) is 15.6 Å². The number of carbonyl (C=O) groups excluding carboxylic acids is 1. The van der Waals surface area contributed by atoms with Gasteiger partial charge in [-0.15, -0.1) is 0 Å². The molecule has 2 aromatic carbocycles. The number of fused-ring (bicyclic) bond motifs is 1. The van der Waals surface area contributed by atoms with Gasteiger partial charge < -0.3 is 15.2 Å². The van der Waals surface area contributed by atoms with Crippen LogP contribution in [0, 0.1) is 10.1 Å². The Morgan fingerprint density at radius 2 is 1.88 bits per heavy atom. The topological polar surface area (TPSA) is 102 Å². The summed E-state index contributed by atoms with van der Waals surface area (Å²) >= 11 is 0.